The Kier molecular flexibility index (Phi) is 6.35. The van der Waals surface area contributed by atoms with E-state index in [0.29, 0.717) is 11.3 Å². The fourth-order valence-electron chi connectivity index (χ4n) is 3.00. The first-order valence-electron chi connectivity index (χ1n) is 8.25. The van der Waals surface area contributed by atoms with Crippen molar-refractivity contribution in [2.75, 3.05) is 19.5 Å². The maximum absolute atomic E-state index is 12.8. The van der Waals surface area contributed by atoms with E-state index in [1.165, 1.54) is 13.5 Å². The van der Waals surface area contributed by atoms with Crippen molar-refractivity contribution in [3.8, 4) is 0 Å². The van der Waals surface area contributed by atoms with Gasteiger partial charge in [0.05, 0.1) is 18.4 Å². The zero-order valence-corrected chi connectivity index (χ0v) is 14.2. The molecule has 0 atom stereocenters. The number of hydrogen-bond donors (Lipinski definition) is 1. The van der Waals surface area contributed by atoms with Gasteiger partial charge in [0.1, 0.15) is 6.42 Å². The first-order valence-corrected chi connectivity index (χ1v) is 8.25. The number of rotatable bonds is 5. The van der Waals surface area contributed by atoms with Crippen molar-refractivity contribution in [2.45, 2.75) is 44.6 Å². The normalized spacial score (nSPS) is 14.8. The molecule has 0 heterocycles. The Balaban J connectivity index is 2.10. The molecule has 6 heteroatoms. The van der Waals surface area contributed by atoms with Gasteiger partial charge in [-0.15, -0.1) is 0 Å². The number of anilines is 1. The molecule has 0 aromatic heterocycles. The molecule has 1 aliphatic rings. The van der Waals surface area contributed by atoms with E-state index in [9.17, 15) is 14.4 Å². The monoisotopic (exact) mass is 332 g/mol. The van der Waals surface area contributed by atoms with Gasteiger partial charge in [-0.25, -0.2) is 0 Å². The van der Waals surface area contributed by atoms with Crippen LogP contribution in [0.25, 0.3) is 0 Å². The SMILES string of the molecule is COC(=O)CC(=O)Nc1ccccc1C(=O)N(C)C1CCCCC1. The summed E-state index contributed by atoms with van der Waals surface area (Å²) in [5.74, 6) is -1.23. The van der Waals surface area contributed by atoms with Crippen molar-refractivity contribution in [1.29, 1.82) is 0 Å². The summed E-state index contributed by atoms with van der Waals surface area (Å²) in [5.41, 5.74) is 0.850. The van der Waals surface area contributed by atoms with Crippen LogP contribution in [0.15, 0.2) is 24.3 Å². The second-order valence-corrected chi connectivity index (χ2v) is 6.05. The zero-order chi connectivity index (χ0) is 17.5. The summed E-state index contributed by atoms with van der Waals surface area (Å²) < 4.78 is 4.48. The molecule has 130 valence electrons. The molecule has 1 aliphatic carbocycles. The third-order valence-electron chi connectivity index (χ3n) is 4.41. The summed E-state index contributed by atoms with van der Waals surface area (Å²) in [6.45, 7) is 0. The largest absolute Gasteiger partial charge is 0.469 e. The highest BCUT2D eigenvalue weighted by Gasteiger charge is 2.25. The number of hydrogen-bond acceptors (Lipinski definition) is 4. The van der Waals surface area contributed by atoms with Crippen LogP contribution in [0.1, 0.15) is 48.9 Å². The highest BCUT2D eigenvalue weighted by Crippen LogP contribution is 2.25. The van der Waals surface area contributed by atoms with Gasteiger partial charge in [0.2, 0.25) is 5.91 Å². The second kappa shape index (κ2) is 8.47. The summed E-state index contributed by atoms with van der Waals surface area (Å²) in [5, 5.41) is 2.63. The summed E-state index contributed by atoms with van der Waals surface area (Å²) in [6.07, 6.45) is 5.15. The molecule has 1 aromatic rings. The number of para-hydroxylation sites is 1. The van der Waals surface area contributed by atoms with Crippen molar-refractivity contribution in [3.05, 3.63) is 29.8 Å². The number of carbonyl (C=O) groups is 3. The minimum absolute atomic E-state index is 0.115. The topological polar surface area (TPSA) is 75.7 Å². The van der Waals surface area contributed by atoms with E-state index in [-0.39, 0.29) is 18.4 Å². The van der Waals surface area contributed by atoms with Crippen LogP contribution >= 0.6 is 0 Å². The second-order valence-electron chi connectivity index (χ2n) is 6.05. The van der Waals surface area contributed by atoms with Crippen LogP contribution in [-0.4, -0.2) is 42.9 Å². The summed E-state index contributed by atoms with van der Waals surface area (Å²) >= 11 is 0. The quantitative estimate of drug-likeness (QED) is 0.664. The average molecular weight is 332 g/mol. The summed E-state index contributed by atoms with van der Waals surface area (Å²) in [6, 6.07) is 7.10. The summed E-state index contributed by atoms with van der Waals surface area (Å²) in [7, 11) is 3.04. The number of nitrogens with zero attached hydrogens (tertiary/aromatic N) is 1. The Bertz CT molecular complexity index is 609. The minimum Gasteiger partial charge on any atom is -0.469 e. The standard InChI is InChI=1S/C18H24N2O4/c1-20(13-8-4-3-5-9-13)18(23)14-10-6-7-11-15(14)19-16(21)12-17(22)24-2/h6-7,10-11,13H,3-5,8-9,12H2,1-2H3,(H,19,21). The van der Waals surface area contributed by atoms with Crippen molar-refractivity contribution in [1.82, 2.24) is 4.90 Å². The first kappa shape index (κ1) is 18.0. The molecule has 1 aromatic carbocycles. The fraction of sp³-hybridized carbons (Fsp3) is 0.500. The fourth-order valence-corrected chi connectivity index (χ4v) is 3.00. The Labute approximate surface area is 142 Å². The number of esters is 1. The molecule has 0 saturated heterocycles. The van der Waals surface area contributed by atoms with Crippen LogP contribution in [0, 0.1) is 0 Å². The van der Waals surface area contributed by atoms with Gasteiger partial charge < -0.3 is 15.0 Å². The van der Waals surface area contributed by atoms with E-state index in [0.717, 1.165) is 25.7 Å². The summed E-state index contributed by atoms with van der Waals surface area (Å²) in [4.78, 5) is 37.7. The molecule has 0 bridgehead atoms. The van der Waals surface area contributed by atoms with Gasteiger partial charge >= 0.3 is 5.97 Å². The third-order valence-corrected chi connectivity index (χ3v) is 4.41. The molecular weight excluding hydrogens is 308 g/mol. The lowest BCUT2D eigenvalue weighted by molar-refractivity contribution is -0.142. The van der Waals surface area contributed by atoms with Crippen molar-refractivity contribution in [3.63, 3.8) is 0 Å². The number of methoxy groups -OCH3 is 1. The lowest BCUT2D eigenvalue weighted by Crippen LogP contribution is -2.38. The maximum Gasteiger partial charge on any atom is 0.315 e. The zero-order valence-electron chi connectivity index (χ0n) is 14.2. The Morgan fingerprint density at radius 2 is 1.83 bits per heavy atom. The number of amides is 2. The number of ether oxygens (including phenoxy) is 1. The molecule has 2 amide bonds. The van der Waals surface area contributed by atoms with Crippen molar-refractivity contribution < 1.29 is 19.1 Å². The van der Waals surface area contributed by atoms with Gasteiger partial charge in [0.15, 0.2) is 0 Å². The van der Waals surface area contributed by atoms with Crippen LogP contribution in [0.3, 0.4) is 0 Å². The third kappa shape index (κ3) is 4.57. The van der Waals surface area contributed by atoms with E-state index in [4.69, 9.17) is 0 Å². The van der Waals surface area contributed by atoms with E-state index < -0.39 is 11.9 Å². The molecule has 1 saturated carbocycles. The number of benzene rings is 1. The highest BCUT2D eigenvalue weighted by atomic mass is 16.5. The smallest absolute Gasteiger partial charge is 0.315 e. The molecule has 24 heavy (non-hydrogen) atoms. The van der Waals surface area contributed by atoms with Crippen LogP contribution in [0.5, 0.6) is 0 Å². The Hall–Kier alpha value is -2.37. The van der Waals surface area contributed by atoms with Crippen LogP contribution in [-0.2, 0) is 14.3 Å². The molecule has 6 nitrogen and oxygen atoms in total. The van der Waals surface area contributed by atoms with Gasteiger partial charge in [-0.05, 0) is 25.0 Å². The molecule has 0 aliphatic heterocycles. The average Bonchev–Trinajstić information content (AvgIpc) is 2.61. The van der Waals surface area contributed by atoms with Crippen LogP contribution in [0.4, 0.5) is 5.69 Å². The van der Waals surface area contributed by atoms with E-state index >= 15 is 0 Å². The van der Waals surface area contributed by atoms with E-state index in [1.54, 1.807) is 29.2 Å². The predicted molar refractivity (Wildman–Crippen MR) is 90.7 cm³/mol. The predicted octanol–water partition coefficient (Wildman–Crippen LogP) is 2.59. The lowest BCUT2D eigenvalue weighted by Gasteiger charge is -2.31. The minimum atomic E-state index is -0.615. The molecule has 0 spiro atoms. The van der Waals surface area contributed by atoms with Gasteiger partial charge in [-0.2, -0.15) is 0 Å². The maximum atomic E-state index is 12.8. The van der Waals surface area contributed by atoms with Gasteiger partial charge in [-0.3, -0.25) is 14.4 Å². The number of carbonyl (C=O) groups excluding carboxylic acids is 3. The molecule has 1 N–H and O–H groups in total. The van der Waals surface area contributed by atoms with E-state index in [2.05, 4.69) is 10.1 Å². The molecule has 0 radical (unpaired) electrons. The van der Waals surface area contributed by atoms with Crippen LogP contribution < -0.4 is 5.32 Å². The molecule has 0 unspecified atom stereocenters. The van der Waals surface area contributed by atoms with Gasteiger partial charge in [0, 0.05) is 13.1 Å². The Morgan fingerprint density at radius 1 is 1.17 bits per heavy atom. The lowest BCUT2D eigenvalue weighted by atomic mass is 9.94. The van der Waals surface area contributed by atoms with Gasteiger partial charge in [0.25, 0.3) is 5.91 Å². The highest BCUT2D eigenvalue weighted by molar-refractivity contribution is 6.07. The molecule has 1 fully saturated rings. The number of nitrogens with one attached hydrogen (secondary N) is 1. The van der Waals surface area contributed by atoms with E-state index in [1.807, 2.05) is 7.05 Å². The molecular formula is C18H24N2O4. The van der Waals surface area contributed by atoms with Gasteiger partial charge in [-0.1, -0.05) is 31.4 Å². The van der Waals surface area contributed by atoms with Crippen LogP contribution in [0.2, 0.25) is 0 Å². The van der Waals surface area contributed by atoms with Crippen molar-refractivity contribution in [2.24, 2.45) is 0 Å². The first-order chi connectivity index (χ1) is 11.5. The molecule has 2 rings (SSSR count). The van der Waals surface area contributed by atoms with Crippen molar-refractivity contribution >= 4 is 23.5 Å². The Morgan fingerprint density at radius 3 is 2.50 bits per heavy atom.